The number of halogens is 3. The first-order chi connectivity index (χ1) is 9.95. The molecule has 0 aromatic heterocycles. The summed E-state index contributed by atoms with van der Waals surface area (Å²) in [5, 5.41) is 3.02. The highest BCUT2D eigenvalue weighted by atomic mass is 32.2. The summed E-state index contributed by atoms with van der Waals surface area (Å²) in [7, 11) is 0. The van der Waals surface area contributed by atoms with Crippen molar-refractivity contribution in [3.63, 3.8) is 0 Å². The van der Waals surface area contributed by atoms with Crippen LogP contribution in [0.25, 0.3) is 0 Å². The average molecular weight is 316 g/mol. The molecule has 114 valence electrons. The fraction of sp³-hybridized carbons (Fsp3) is 0.429. The van der Waals surface area contributed by atoms with Gasteiger partial charge in [0.25, 0.3) is 0 Å². The second kappa shape index (κ2) is 6.51. The minimum atomic E-state index is -1.59. The number of rotatable bonds is 3. The molecule has 1 N–H and O–H groups in total. The Kier molecular flexibility index (Phi) is 4.92. The summed E-state index contributed by atoms with van der Waals surface area (Å²) in [6.45, 7) is 4.35. The van der Waals surface area contributed by atoms with E-state index in [0.717, 1.165) is 17.9 Å². The number of hydrogen-bond donors (Lipinski definition) is 1. The van der Waals surface area contributed by atoms with Crippen molar-refractivity contribution in [1.29, 1.82) is 0 Å². The highest BCUT2D eigenvalue weighted by Crippen LogP contribution is 2.29. The number of carbonyl (C=O) groups excluding carboxylic acids is 1. The molecule has 0 spiro atoms. The molecule has 7 heteroatoms. The molecule has 0 bridgehead atoms. The number of aliphatic imine (C=N–C) groups is 1. The summed E-state index contributed by atoms with van der Waals surface area (Å²) >= 11 is 1.46. The Morgan fingerprint density at radius 3 is 2.76 bits per heavy atom. The van der Waals surface area contributed by atoms with Crippen LogP contribution in [0.5, 0.6) is 0 Å². The van der Waals surface area contributed by atoms with Crippen molar-refractivity contribution in [1.82, 2.24) is 0 Å². The van der Waals surface area contributed by atoms with Crippen LogP contribution in [-0.4, -0.2) is 23.2 Å². The molecular weight excluding hydrogens is 301 g/mol. The third-order valence-corrected chi connectivity index (χ3v) is 4.21. The Morgan fingerprint density at radius 1 is 1.38 bits per heavy atom. The van der Waals surface area contributed by atoms with Crippen molar-refractivity contribution >= 4 is 28.4 Å². The number of hydrogen-bond acceptors (Lipinski definition) is 3. The van der Waals surface area contributed by atoms with Gasteiger partial charge in [-0.25, -0.2) is 13.2 Å². The topological polar surface area (TPSA) is 41.5 Å². The molecule has 2 atom stereocenters. The predicted molar refractivity (Wildman–Crippen MR) is 78.0 cm³/mol. The van der Waals surface area contributed by atoms with Gasteiger partial charge >= 0.3 is 0 Å². The summed E-state index contributed by atoms with van der Waals surface area (Å²) in [6.07, 6.45) is 0. The second-order valence-electron chi connectivity index (χ2n) is 4.78. The average Bonchev–Trinajstić information content (AvgIpc) is 2.81. The first-order valence-corrected chi connectivity index (χ1v) is 7.55. The van der Waals surface area contributed by atoms with Crippen LogP contribution in [0.2, 0.25) is 0 Å². The number of amides is 1. The molecule has 1 aliphatic heterocycles. The Morgan fingerprint density at radius 2 is 2.10 bits per heavy atom. The number of anilines is 1. The van der Waals surface area contributed by atoms with Gasteiger partial charge in [-0.1, -0.05) is 13.8 Å². The maximum atomic E-state index is 13.6. The lowest BCUT2D eigenvalue weighted by Gasteiger charge is -2.17. The Balaban J connectivity index is 2.18. The van der Waals surface area contributed by atoms with Gasteiger partial charge in [0.2, 0.25) is 5.91 Å². The van der Waals surface area contributed by atoms with Crippen LogP contribution in [0.1, 0.15) is 13.8 Å². The van der Waals surface area contributed by atoms with Crippen LogP contribution in [0.3, 0.4) is 0 Å². The molecule has 0 fully saturated rings. The lowest BCUT2D eigenvalue weighted by molar-refractivity contribution is -0.118. The van der Waals surface area contributed by atoms with Crippen LogP contribution in [0.4, 0.5) is 18.9 Å². The van der Waals surface area contributed by atoms with Gasteiger partial charge in [0.05, 0.1) is 16.6 Å². The molecule has 3 nitrogen and oxygen atoms in total. The third-order valence-electron chi connectivity index (χ3n) is 3.24. The first kappa shape index (κ1) is 15.9. The van der Waals surface area contributed by atoms with Gasteiger partial charge in [-0.15, -0.1) is 11.8 Å². The number of benzene rings is 1. The quantitative estimate of drug-likeness (QED) is 0.868. The number of thioether (sulfide) groups is 1. The van der Waals surface area contributed by atoms with Gasteiger partial charge in [0.1, 0.15) is 0 Å². The van der Waals surface area contributed by atoms with Crippen LogP contribution >= 0.6 is 11.8 Å². The van der Waals surface area contributed by atoms with Crippen molar-refractivity contribution in [3.8, 4) is 0 Å². The van der Waals surface area contributed by atoms with Crippen molar-refractivity contribution in [3.05, 3.63) is 29.6 Å². The second-order valence-corrected chi connectivity index (χ2v) is 6.06. The number of nitrogens with zero attached hydrogens (tertiary/aromatic N) is 1. The molecule has 1 aromatic rings. The molecule has 0 aliphatic carbocycles. The summed E-state index contributed by atoms with van der Waals surface area (Å²) in [6, 6.07) is 1.79. The van der Waals surface area contributed by atoms with Gasteiger partial charge in [-0.3, -0.25) is 9.79 Å². The van der Waals surface area contributed by atoms with Crippen molar-refractivity contribution in [2.75, 3.05) is 17.6 Å². The highest BCUT2D eigenvalue weighted by molar-refractivity contribution is 8.14. The van der Waals surface area contributed by atoms with Crippen molar-refractivity contribution in [2.45, 2.75) is 13.8 Å². The van der Waals surface area contributed by atoms with Gasteiger partial charge in [0, 0.05) is 6.54 Å². The predicted octanol–water partition coefficient (Wildman–Crippen LogP) is 3.46. The molecule has 0 saturated carbocycles. The fourth-order valence-electron chi connectivity index (χ4n) is 2.17. The molecule has 0 saturated heterocycles. The van der Waals surface area contributed by atoms with E-state index < -0.39 is 29.3 Å². The number of carbonyl (C=O) groups is 1. The SMILES string of the molecule is CCSC1=NCC(C)C1C(=O)Nc1ccc(F)c(F)c1F. The van der Waals surface area contributed by atoms with E-state index in [2.05, 4.69) is 10.3 Å². The van der Waals surface area contributed by atoms with E-state index in [0.29, 0.717) is 11.6 Å². The van der Waals surface area contributed by atoms with Crippen molar-refractivity contribution < 1.29 is 18.0 Å². The fourth-order valence-corrected chi connectivity index (χ4v) is 3.15. The lowest BCUT2D eigenvalue weighted by Crippen LogP contribution is -2.31. The van der Waals surface area contributed by atoms with Crippen LogP contribution < -0.4 is 5.32 Å². The maximum absolute atomic E-state index is 13.6. The van der Waals surface area contributed by atoms with Crippen LogP contribution in [-0.2, 0) is 4.79 Å². The van der Waals surface area contributed by atoms with Crippen LogP contribution in [0, 0.1) is 29.3 Å². The standard InChI is InChI=1S/C14H15F3N2OS/c1-3-21-14-10(7(2)6-18-14)13(20)19-9-5-4-8(15)11(16)12(9)17/h4-5,7,10H,3,6H2,1-2H3,(H,19,20). The molecule has 1 heterocycles. The number of nitrogens with one attached hydrogen (secondary N) is 1. The van der Waals surface area contributed by atoms with E-state index in [4.69, 9.17) is 0 Å². The van der Waals surface area contributed by atoms with E-state index in [1.165, 1.54) is 11.8 Å². The summed E-state index contributed by atoms with van der Waals surface area (Å²) in [5.74, 6) is -4.45. The Hall–Kier alpha value is -1.50. The summed E-state index contributed by atoms with van der Waals surface area (Å²) in [5.41, 5.74) is -0.362. The summed E-state index contributed by atoms with van der Waals surface area (Å²) < 4.78 is 39.6. The van der Waals surface area contributed by atoms with Crippen LogP contribution in [0.15, 0.2) is 17.1 Å². The molecule has 2 rings (SSSR count). The van der Waals surface area contributed by atoms with Gasteiger partial charge in [-0.2, -0.15) is 0 Å². The first-order valence-electron chi connectivity index (χ1n) is 6.57. The largest absolute Gasteiger partial charge is 0.323 e. The van der Waals surface area contributed by atoms with E-state index in [1.807, 2.05) is 13.8 Å². The zero-order chi connectivity index (χ0) is 15.6. The molecule has 1 aromatic carbocycles. The van der Waals surface area contributed by atoms with Gasteiger partial charge in [0.15, 0.2) is 17.5 Å². The minimum absolute atomic E-state index is 0.00703. The Bertz CT molecular complexity index is 592. The molecular formula is C14H15F3N2OS. The van der Waals surface area contributed by atoms with Gasteiger partial charge in [-0.05, 0) is 23.8 Å². The van der Waals surface area contributed by atoms with Gasteiger partial charge < -0.3 is 5.32 Å². The summed E-state index contributed by atoms with van der Waals surface area (Å²) in [4.78, 5) is 16.6. The van der Waals surface area contributed by atoms with E-state index in [1.54, 1.807) is 0 Å². The smallest absolute Gasteiger partial charge is 0.234 e. The molecule has 21 heavy (non-hydrogen) atoms. The molecule has 2 unspecified atom stereocenters. The molecule has 0 radical (unpaired) electrons. The molecule has 1 aliphatic rings. The van der Waals surface area contributed by atoms with E-state index in [-0.39, 0.29) is 11.6 Å². The normalized spacial score (nSPS) is 21.3. The molecule has 1 amide bonds. The third kappa shape index (κ3) is 3.23. The lowest BCUT2D eigenvalue weighted by atomic mass is 9.97. The minimum Gasteiger partial charge on any atom is -0.323 e. The van der Waals surface area contributed by atoms with E-state index >= 15 is 0 Å². The van der Waals surface area contributed by atoms with Crippen molar-refractivity contribution in [2.24, 2.45) is 16.8 Å². The zero-order valence-corrected chi connectivity index (χ0v) is 12.4. The zero-order valence-electron chi connectivity index (χ0n) is 11.6. The highest BCUT2D eigenvalue weighted by Gasteiger charge is 2.35. The Labute approximate surface area is 125 Å². The van der Waals surface area contributed by atoms with E-state index in [9.17, 15) is 18.0 Å². The monoisotopic (exact) mass is 316 g/mol. The maximum Gasteiger partial charge on any atom is 0.234 e.